The number of hydrogen-bond acceptors (Lipinski definition) is 2. The second-order valence-corrected chi connectivity index (χ2v) is 5.70. The van der Waals surface area contributed by atoms with Crippen LogP contribution in [-0.2, 0) is 0 Å². The highest BCUT2D eigenvalue weighted by Gasteiger charge is 2.18. The first kappa shape index (κ1) is 15.1. The molecule has 1 aliphatic rings. The van der Waals surface area contributed by atoms with Crippen LogP contribution in [0.5, 0.6) is 5.75 Å². The van der Waals surface area contributed by atoms with Crippen LogP contribution in [-0.4, -0.2) is 12.6 Å². The van der Waals surface area contributed by atoms with Gasteiger partial charge in [0.15, 0.2) is 0 Å². The molecule has 1 aliphatic carbocycles. The summed E-state index contributed by atoms with van der Waals surface area (Å²) in [5.41, 5.74) is 0.924. The van der Waals surface area contributed by atoms with Gasteiger partial charge in [-0.1, -0.05) is 26.2 Å². The van der Waals surface area contributed by atoms with E-state index in [-0.39, 0.29) is 5.82 Å². The van der Waals surface area contributed by atoms with Crippen LogP contribution in [0.4, 0.5) is 10.1 Å². The van der Waals surface area contributed by atoms with Crippen molar-refractivity contribution in [1.82, 2.24) is 0 Å². The highest BCUT2D eigenvalue weighted by atomic mass is 19.1. The first-order valence-corrected chi connectivity index (χ1v) is 7.91. The fourth-order valence-corrected chi connectivity index (χ4v) is 3.04. The molecule has 0 amide bonds. The lowest BCUT2D eigenvalue weighted by Gasteiger charge is -2.20. The normalized spacial score (nSPS) is 23.1. The number of benzene rings is 1. The summed E-state index contributed by atoms with van der Waals surface area (Å²) in [6.07, 6.45) is 7.59. The SMILES string of the molecule is CCOc1cc(F)ccc1NC1CCCC(CC)CC1. The minimum absolute atomic E-state index is 0.245. The molecule has 0 saturated heterocycles. The monoisotopic (exact) mass is 279 g/mol. The van der Waals surface area contributed by atoms with Crippen LogP contribution in [0.15, 0.2) is 18.2 Å². The molecule has 2 unspecified atom stereocenters. The predicted molar refractivity (Wildman–Crippen MR) is 81.8 cm³/mol. The third kappa shape index (κ3) is 4.12. The third-order valence-electron chi connectivity index (χ3n) is 4.27. The summed E-state index contributed by atoms with van der Waals surface area (Å²) in [4.78, 5) is 0. The maximum Gasteiger partial charge on any atom is 0.145 e. The Bertz CT molecular complexity index is 421. The van der Waals surface area contributed by atoms with E-state index in [2.05, 4.69) is 12.2 Å². The molecule has 1 aromatic rings. The van der Waals surface area contributed by atoms with Crippen molar-refractivity contribution in [3.05, 3.63) is 24.0 Å². The Morgan fingerprint density at radius 3 is 2.80 bits per heavy atom. The van der Waals surface area contributed by atoms with Crippen LogP contribution in [0, 0.1) is 11.7 Å². The van der Waals surface area contributed by atoms with Gasteiger partial charge < -0.3 is 10.1 Å². The van der Waals surface area contributed by atoms with Crippen molar-refractivity contribution < 1.29 is 9.13 Å². The summed E-state index contributed by atoms with van der Waals surface area (Å²) in [6, 6.07) is 5.24. The lowest BCUT2D eigenvalue weighted by Crippen LogP contribution is -2.19. The van der Waals surface area contributed by atoms with Crippen molar-refractivity contribution in [2.75, 3.05) is 11.9 Å². The van der Waals surface area contributed by atoms with Crippen LogP contribution in [0.2, 0.25) is 0 Å². The van der Waals surface area contributed by atoms with E-state index in [4.69, 9.17) is 4.74 Å². The summed E-state index contributed by atoms with van der Waals surface area (Å²) in [5.74, 6) is 1.26. The minimum Gasteiger partial charge on any atom is -0.492 e. The van der Waals surface area contributed by atoms with Crippen LogP contribution in [0.1, 0.15) is 52.4 Å². The molecule has 0 heterocycles. The molecule has 2 nitrogen and oxygen atoms in total. The molecular weight excluding hydrogens is 253 g/mol. The van der Waals surface area contributed by atoms with Gasteiger partial charge in [0.2, 0.25) is 0 Å². The summed E-state index contributed by atoms with van der Waals surface area (Å²) in [7, 11) is 0. The molecule has 2 atom stereocenters. The second-order valence-electron chi connectivity index (χ2n) is 5.70. The van der Waals surface area contributed by atoms with Crippen molar-refractivity contribution >= 4 is 5.69 Å². The summed E-state index contributed by atoms with van der Waals surface area (Å²) >= 11 is 0. The summed E-state index contributed by atoms with van der Waals surface area (Å²) < 4.78 is 18.8. The molecule has 20 heavy (non-hydrogen) atoms. The van der Waals surface area contributed by atoms with E-state index < -0.39 is 0 Å². The van der Waals surface area contributed by atoms with E-state index in [0.717, 1.165) is 11.6 Å². The summed E-state index contributed by atoms with van der Waals surface area (Å²) in [5, 5.41) is 3.55. The van der Waals surface area contributed by atoms with Gasteiger partial charge in [-0.05, 0) is 44.2 Å². The molecule has 0 radical (unpaired) electrons. The molecule has 2 rings (SSSR count). The average molecular weight is 279 g/mol. The van der Waals surface area contributed by atoms with E-state index in [9.17, 15) is 4.39 Å². The van der Waals surface area contributed by atoms with Gasteiger partial charge in [-0.25, -0.2) is 4.39 Å². The van der Waals surface area contributed by atoms with E-state index in [0.29, 0.717) is 18.4 Å². The fourth-order valence-electron chi connectivity index (χ4n) is 3.04. The van der Waals surface area contributed by atoms with Gasteiger partial charge >= 0.3 is 0 Å². The van der Waals surface area contributed by atoms with Gasteiger partial charge in [0.1, 0.15) is 11.6 Å². The van der Waals surface area contributed by atoms with Crippen LogP contribution in [0.3, 0.4) is 0 Å². The molecule has 0 aromatic heterocycles. The average Bonchev–Trinajstić information content (AvgIpc) is 2.67. The van der Waals surface area contributed by atoms with Crippen molar-refractivity contribution in [2.45, 2.75) is 58.4 Å². The molecule has 1 aromatic carbocycles. The zero-order valence-corrected chi connectivity index (χ0v) is 12.6. The predicted octanol–water partition coefficient (Wildman–Crippen LogP) is 5.00. The Hall–Kier alpha value is -1.25. The number of nitrogens with one attached hydrogen (secondary N) is 1. The zero-order chi connectivity index (χ0) is 14.4. The number of hydrogen-bond donors (Lipinski definition) is 1. The molecule has 0 bridgehead atoms. The van der Waals surface area contributed by atoms with Gasteiger partial charge in [-0.2, -0.15) is 0 Å². The molecule has 1 saturated carbocycles. The molecule has 3 heteroatoms. The number of ether oxygens (including phenoxy) is 1. The molecular formula is C17H26FNO. The molecule has 0 aliphatic heterocycles. The van der Waals surface area contributed by atoms with Crippen LogP contribution >= 0.6 is 0 Å². The van der Waals surface area contributed by atoms with Gasteiger partial charge in [0.05, 0.1) is 12.3 Å². The Morgan fingerprint density at radius 1 is 1.20 bits per heavy atom. The number of anilines is 1. The first-order valence-electron chi connectivity index (χ1n) is 7.91. The topological polar surface area (TPSA) is 21.3 Å². The first-order chi connectivity index (χ1) is 9.72. The number of halogens is 1. The van der Waals surface area contributed by atoms with Crippen molar-refractivity contribution in [1.29, 1.82) is 0 Å². The van der Waals surface area contributed by atoms with Gasteiger partial charge in [-0.3, -0.25) is 0 Å². The van der Waals surface area contributed by atoms with Crippen molar-refractivity contribution in [3.63, 3.8) is 0 Å². The van der Waals surface area contributed by atoms with Gasteiger partial charge in [-0.15, -0.1) is 0 Å². The Balaban J connectivity index is 2.02. The minimum atomic E-state index is -0.245. The summed E-state index contributed by atoms with van der Waals surface area (Å²) in [6.45, 7) is 4.76. The van der Waals surface area contributed by atoms with Gasteiger partial charge in [0.25, 0.3) is 0 Å². The Labute approximate surface area is 121 Å². The molecule has 112 valence electrons. The van der Waals surface area contributed by atoms with Crippen molar-refractivity contribution in [3.8, 4) is 5.75 Å². The molecule has 1 fully saturated rings. The molecule has 1 N–H and O–H groups in total. The van der Waals surface area contributed by atoms with Crippen LogP contribution in [0.25, 0.3) is 0 Å². The van der Waals surface area contributed by atoms with E-state index in [1.165, 1.54) is 50.7 Å². The maximum absolute atomic E-state index is 13.3. The lowest BCUT2D eigenvalue weighted by atomic mass is 9.98. The highest BCUT2D eigenvalue weighted by Crippen LogP contribution is 2.31. The third-order valence-corrected chi connectivity index (χ3v) is 4.27. The van der Waals surface area contributed by atoms with Crippen LogP contribution < -0.4 is 10.1 Å². The zero-order valence-electron chi connectivity index (χ0n) is 12.6. The quantitative estimate of drug-likeness (QED) is 0.766. The van der Waals surface area contributed by atoms with Crippen molar-refractivity contribution in [2.24, 2.45) is 5.92 Å². The Morgan fingerprint density at radius 2 is 2.05 bits per heavy atom. The van der Waals surface area contributed by atoms with Gasteiger partial charge in [0, 0.05) is 12.1 Å². The number of rotatable bonds is 5. The molecule has 0 spiro atoms. The standard InChI is InChI=1S/C17H26FNO/c1-3-13-6-5-7-15(10-8-13)19-16-11-9-14(18)12-17(16)20-4-2/h9,11-13,15,19H,3-8,10H2,1-2H3. The highest BCUT2D eigenvalue weighted by molar-refractivity contribution is 5.57. The fraction of sp³-hybridized carbons (Fsp3) is 0.647. The smallest absolute Gasteiger partial charge is 0.145 e. The lowest BCUT2D eigenvalue weighted by molar-refractivity contribution is 0.339. The second kappa shape index (κ2) is 7.51. The largest absolute Gasteiger partial charge is 0.492 e. The van der Waals surface area contributed by atoms with E-state index in [1.807, 2.05) is 6.92 Å². The maximum atomic E-state index is 13.3. The van der Waals surface area contributed by atoms with E-state index >= 15 is 0 Å². The Kier molecular flexibility index (Phi) is 5.69. The van der Waals surface area contributed by atoms with E-state index in [1.54, 1.807) is 6.07 Å².